The van der Waals surface area contributed by atoms with Gasteiger partial charge in [0.15, 0.2) is 0 Å². The van der Waals surface area contributed by atoms with E-state index in [0.29, 0.717) is 0 Å². The molecular formula is C34H48Cl2P2Ti-2. The molecule has 0 radical (unpaired) electrons. The van der Waals surface area contributed by atoms with Crippen molar-refractivity contribution in [2.24, 2.45) is 23.7 Å². The maximum absolute atomic E-state index is 4.89. The van der Waals surface area contributed by atoms with Crippen LogP contribution in [-0.2, 0) is 17.0 Å². The summed E-state index contributed by atoms with van der Waals surface area (Å²) in [5.41, 5.74) is 0. The second kappa shape index (κ2) is 18.4. The van der Waals surface area contributed by atoms with Gasteiger partial charge in [0.25, 0.3) is 0 Å². The summed E-state index contributed by atoms with van der Waals surface area (Å²) >= 11 is -0.556. The minimum atomic E-state index is -0.556. The topological polar surface area (TPSA) is 0 Å². The minimum absolute atomic E-state index is 0.0185. The third-order valence-corrected chi connectivity index (χ3v) is 12.9. The zero-order chi connectivity index (χ0) is 28.9. The van der Waals surface area contributed by atoms with E-state index in [9.17, 15) is 0 Å². The van der Waals surface area contributed by atoms with Crippen LogP contribution in [0.25, 0.3) is 21.5 Å². The molecule has 0 atom stereocenters. The first-order chi connectivity index (χ1) is 18.5. The number of fused-ring (bicyclic) bond motifs is 2. The predicted octanol–water partition coefficient (Wildman–Crippen LogP) is 11.3. The monoisotopic (exact) mass is 636 g/mol. The van der Waals surface area contributed by atoms with E-state index < -0.39 is 17.0 Å². The van der Waals surface area contributed by atoms with Gasteiger partial charge in [0.1, 0.15) is 0 Å². The Bertz CT molecular complexity index is 1030. The Morgan fingerprint density at radius 3 is 1.10 bits per heavy atom. The summed E-state index contributed by atoms with van der Waals surface area (Å²) in [6.45, 7) is 18.8. The van der Waals surface area contributed by atoms with Gasteiger partial charge in [0, 0.05) is 0 Å². The quantitative estimate of drug-likeness (QED) is 0.0922. The van der Waals surface area contributed by atoms with Crippen LogP contribution >= 0.6 is 34.5 Å². The van der Waals surface area contributed by atoms with Crippen molar-refractivity contribution in [3.05, 3.63) is 72.8 Å². The molecule has 0 aliphatic carbocycles. The summed E-state index contributed by atoms with van der Waals surface area (Å²) in [7, 11) is 9.81. The molecule has 0 heterocycles. The van der Waals surface area contributed by atoms with Gasteiger partial charge < -0.3 is 0 Å². The van der Waals surface area contributed by atoms with E-state index >= 15 is 0 Å². The molecular weight excluding hydrogens is 589 g/mol. The fourth-order valence-electron chi connectivity index (χ4n) is 4.97. The molecule has 0 aliphatic rings. The molecule has 4 aromatic carbocycles. The fourth-order valence-corrected chi connectivity index (χ4v) is 10.9. The molecule has 0 spiro atoms. The summed E-state index contributed by atoms with van der Waals surface area (Å²) in [4.78, 5) is 0. The van der Waals surface area contributed by atoms with Crippen molar-refractivity contribution in [2.75, 3.05) is 24.6 Å². The summed E-state index contributed by atoms with van der Waals surface area (Å²) in [5.74, 6) is 3.20. The van der Waals surface area contributed by atoms with Crippen molar-refractivity contribution in [1.29, 1.82) is 0 Å². The molecule has 0 nitrogen and oxygen atoms in total. The van der Waals surface area contributed by atoms with Gasteiger partial charge in [-0.05, 0) is 48.3 Å². The third kappa shape index (κ3) is 12.7. The van der Waals surface area contributed by atoms with Crippen LogP contribution in [0.4, 0.5) is 0 Å². The van der Waals surface area contributed by atoms with Crippen LogP contribution in [0.5, 0.6) is 0 Å². The van der Waals surface area contributed by atoms with E-state index in [1.165, 1.54) is 46.2 Å². The number of benzene rings is 2. The van der Waals surface area contributed by atoms with E-state index in [4.69, 9.17) is 18.6 Å². The number of hydrogen-bond acceptors (Lipinski definition) is 0. The molecule has 0 saturated carbocycles. The first-order valence-electron chi connectivity index (χ1n) is 14.3. The van der Waals surface area contributed by atoms with Gasteiger partial charge in [-0.1, -0.05) is 83.4 Å². The number of hydrogen-bond donors (Lipinski definition) is 0. The summed E-state index contributed by atoms with van der Waals surface area (Å²) in [6.07, 6.45) is 5.46. The molecule has 0 N–H and O–H groups in total. The molecule has 0 aliphatic heterocycles. The third-order valence-electron chi connectivity index (χ3n) is 6.28. The molecule has 39 heavy (non-hydrogen) atoms. The van der Waals surface area contributed by atoms with Gasteiger partial charge in [0.2, 0.25) is 0 Å². The second-order valence-corrected chi connectivity index (χ2v) is 19.4. The molecule has 0 unspecified atom stereocenters. The Morgan fingerprint density at radius 1 is 0.564 bits per heavy atom. The van der Waals surface area contributed by atoms with Gasteiger partial charge in [0.05, 0.1) is 0 Å². The molecule has 4 rings (SSSR count). The van der Waals surface area contributed by atoms with Crippen molar-refractivity contribution >= 4 is 66.6 Å². The van der Waals surface area contributed by atoms with Crippen molar-refractivity contribution in [2.45, 2.75) is 55.4 Å². The zero-order valence-electron chi connectivity index (χ0n) is 25.2. The molecule has 0 saturated heterocycles. The first kappa shape index (κ1) is 35.0. The first-order valence-corrected chi connectivity index (χ1v) is 22.0. The van der Waals surface area contributed by atoms with Crippen molar-refractivity contribution < 1.29 is 17.0 Å². The van der Waals surface area contributed by atoms with Crippen molar-refractivity contribution in [3.8, 4) is 0 Å². The van der Waals surface area contributed by atoms with Crippen LogP contribution in [0.3, 0.4) is 0 Å². The van der Waals surface area contributed by atoms with E-state index in [-0.39, 0.29) is 15.8 Å². The van der Waals surface area contributed by atoms with Crippen LogP contribution < -0.4 is 10.6 Å². The molecule has 4 aromatic rings. The van der Waals surface area contributed by atoms with Crippen molar-refractivity contribution in [1.82, 2.24) is 0 Å². The molecule has 5 heteroatoms. The molecule has 0 bridgehead atoms. The Hall–Kier alpha value is -0.186. The number of rotatable bonds is 10. The van der Waals surface area contributed by atoms with Crippen LogP contribution in [-0.4, -0.2) is 24.6 Å². The van der Waals surface area contributed by atoms with Gasteiger partial charge in [-0.3, -0.25) is 0 Å². The second-order valence-electron chi connectivity index (χ2n) is 12.1. The van der Waals surface area contributed by atoms with E-state index in [1.54, 1.807) is 10.6 Å². The Morgan fingerprint density at radius 2 is 0.846 bits per heavy atom. The van der Waals surface area contributed by atoms with Gasteiger partial charge in [-0.2, -0.15) is 12.1 Å². The van der Waals surface area contributed by atoms with Gasteiger partial charge >= 0.3 is 35.6 Å². The van der Waals surface area contributed by atoms with Crippen LogP contribution in [0.15, 0.2) is 72.8 Å². The average Bonchev–Trinajstić information content (AvgIpc) is 3.47. The maximum atomic E-state index is 4.89. The predicted molar refractivity (Wildman–Crippen MR) is 183 cm³/mol. The Balaban J connectivity index is 0.000000249. The van der Waals surface area contributed by atoms with Gasteiger partial charge in [-0.15, -0.1) is 80.7 Å². The van der Waals surface area contributed by atoms with Gasteiger partial charge in [-0.25, -0.2) is 0 Å². The van der Waals surface area contributed by atoms with Crippen LogP contribution in [0.2, 0.25) is 0 Å². The number of halogens is 2. The summed E-state index contributed by atoms with van der Waals surface area (Å²) in [5, 5.41) is 8.85. The Labute approximate surface area is 258 Å². The standard InChI is InChI=1S/2C17H24P.2ClH.Ti/c2*1-13(2)11-18(12-14(3)4)17-9-15-7-5-6-8-16(15)10-17;;;/h2*5-10,13-14H,11-12H2,1-4H3;2*1H;/q2*-1;;;+2/p-2. The van der Waals surface area contributed by atoms with Crippen LogP contribution in [0.1, 0.15) is 55.4 Å². The fraction of sp³-hybridized carbons (Fsp3) is 0.471. The molecule has 0 aromatic heterocycles. The SMILES string of the molecule is CC(C)CP(CC(C)C)c1cc2ccccc2[cH-]1.CC(C)CP(CC(C)C)c1cc2ccccc2[cH-]1.[Cl][Ti][Cl]. The van der Waals surface area contributed by atoms with E-state index in [1.807, 2.05) is 0 Å². The average molecular weight is 637 g/mol. The zero-order valence-corrected chi connectivity index (χ0v) is 30.1. The normalized spacial score (nSPS) is 11.6. The molecule has 0 amide bonds. The van der Waals surface area contributed by atoms with Crippen LogP contribution in [0, 0.1) is 23.7 Å². The summed E-state index contributed by atoms with van der Waals surface area (Å²) in [6, 6.07) is 27.2. The van der Waals surface area contributed by atoms with Crippen molar-refractivity contribution in [3.63, 3.8) is 0 Å². The molecule has 0 fully saturated rings. The molecule has 214 valence electrons. The van der Waals surface area contributed by atoms with E-state index in [0.717, 1.165) is 23.7 Å². The summed E-state index contributed by atoms with van der Waals surface area (Å²) < 4.78 is 0. The van der Waals surface area contributed by atoms with E-state index in [2.05, 4.69) is 128 Å². The Kier molecular flexibility index (Phi) is 16.5.